The molecule has 36 valence electrons. The Morgan fingerprint density at radius 3 is 1.33 bits per heavy atom. The van der Waals surface area contributed by atoms with Gasteiger partial charge in [-0.2, -0.15) is 0 Å². The molecule has 0 bridgehead atoms. The second-order valence-electron chi connectivity index (χ2n) is 2.30. The second kappa shape index (κ2) is 0.969. The van der Waals surface area contributed by atoms with Gasteiger partial charge in [0.2, 0.25) is 0 Å². The molecule has 0 aromatic heterocycles. The zero-order valence-electron chi connectivity index (χ0n) is 4.31. The molecule has 1 fully saturated rings. The second-order valence-corrected chi connectivity index (χ2v) is 2.30. The van der Waals surface area contributed by atoms with Gasteiger partial charge >= 0.3 is 0 Å². The molecule has 0 heterocycles. The molecule has 1 saturated carbocycles. The van der Waals surface area contributed by atoms with E-state index in [1.54, 1.807) is 0 Å². The third-order valence-electron chi connectivity index (χ3n) is 1.90. The van der Waals surface area contributed by atoms with E-state index in [1.807, 2.05) is 0 Å². The highest BCUT2D eigenvalue weighted by atomic mass is 14.8. The Bertz CT molecular complexity index is 40.7. The molecule has 0 unspecified atom stereocenters. The van der Waals surface area contributed by atoms with Crippen molar-refractivity contribution in [1.82, 2.24) is 0 Å². The van der Waals surface area contributed by atoms with Gasteiger partial charge in [0, 0.05) is 6.04 Å². The Morgan fingerprint density at radius 2 is 1.33 bits per heavy atom. The van der Waals surface area contributed by atoms with Crippen molar-refractivity contribution in [2.75, 3.05) is 0 Å². The summed E-state index contributed by atoms with van der Waals surface area (Å²) in [6.07, 6.45) is 0. The highest BCUT2D eigenvalue weighted by Crippen LogP contribution is 2.34. The van der Waals surface area contributed by atoms with Crippen molar-refractivity contribution in [3.63, 3.8) is 0 Å². The van der Waals surface area contributed by atoms with Gasteiger partial charge in [-0.1, -0.05) is 13.8 Å². The maximum Gasteiger partial charge on any atom is 0.00966 e. The predicted molar refractivity (Wildman–Crippen MR) is 26.3 cm³/mol. The molecule has 0 aromatic carbocycles. The average Bonchev–Trinajstić information content (AvgIpc) is 1.94. The summed E-state index contributed by atoms with van der Waals surface area (Å²) in [5, 5.41) is 0. The van der Waals surface area contributed by atoms with Crippen LogP contribution in [0.4, 0.5) is 0 Å². The zero-order chi connectivity index (χ0) is 4.73. The quantitative estimate of drug-likeness (QED) is 0.458. The van der Waals surface area contributed by atoms with Gasteiger partial charge in [0.25, 0.3) is 0 Å². The lowest BCUT2D eigenvalue weighted by Gasteiger charge is -1.69. The lowest BCUT2D eigenvalue weighted by atomic mass is 10.4. The van der Waals surface area contributed by atoms with E-state index in [0.717, 1.165) is 11.8 Å². The van der Waals surface area contributed by atoms with Crippen molar-refractivity contribution >= 4 is 0 Å². The van der Waals surface area contributed by atoms with E-state index >= 15 is 0 Å². The zero-order valence-corrected chi connectivity index (χ0v) is 4.31. The molecule has 0 spiro atoms. The van der Waals surface area contributed by atoms with E-state index in [2.05, 4.69) is 13.8 Å². The van der Waals surface area contributed by atoms with Gasteiger partial charge in [-0.3, -0.25) is 0 Å². The van der Waals surface area contributed by atoms with Crippen molar-refractivity contribution in [3.05, 3.63) is 0 Å². The summed E-state index contributed by atoms with van der Waals surface area (Å²) in [7, 11) is 0. The van der Waals surface area contributed by atoms with Crippen molar-refractivity contribution in [1.29, 1.82) is 0 Å². The third-order valence-corrected chi connectivity index (χ3v) is 1.90. The predicted octanol–water partition coefficient (Wildman–Crippen LogP) is 0.600. The van der Waals surface area contributed by atoms with Gasteiger partial charge in [-0.15, -0.1) is 0 Å². The van der Waals surface area contributed by atoms with E-state index in [1.165, 1.54) is 0 Å². The molecule has 1 rings (SSSR count). The first kappa shape index (κ1) is 4.13. The van der Waals surface area contributed by atoms with Crippen LogP contribution in [0.3, 0.4) is 0 Å². The highest BCUT2D eigenvalue weighted by molar-refractivity contribution is 4.94. The van der Waals surface area contributed by atoms with Crippen molar-refractivity contribution in [3.8, 4) is 0 Å². The van der Waals surface area contributed by atoms with Crippen LogP contribution in [0.2, 0.25) is 0 Å². The number of hydrogen-bond acceptors (Lipinski definition) is 1. The van der Waals surface area contributed by atoms with E-state index in [-0.39, 0.29) is 0 Å². The monoisotopic (exact) mass is 85.1 g/mol. The molecule has 6 heavy (non-hydrogen) atoms. The molecule has 0 radical (unpaired) electrons. The Labute approximate surface area is 38.5 Å². The molecular weight excluding hydrogens is 74.1 g/mol. The number of nitrogens with two attached hydrogens (primary N) is 1. The Kier molecular flexibility index (Phi) is 0.667. The summed E-state index contributed by atoms with van der Waals surface area (Å²) in [6, 6.07) is 0.519. The molecule has 2 atom stereocenters. The van der Waals surface area contributed by atoms with Crippen molar-refractivity contribution in [2.45, 2.75) is 19.9 Å². The molecule has 1 nitrogen and oxygen atoms in total. The lowest BCUT2D eigenvalue weighted by molar-refractivity contribution is 0.834. The van der Waals surface area contributed by atoms with Crippen LogP contribution in [0.15, 0.2) is 0 Å². The summed E-state index contributed by atoms with van der Waals surface area (Å²) in [6.45, 7) is 4.38. The highest BCUT2D eigenvalue weighted by Gasteiger charge is 2.38. The molecule has 1 aliphatic carbocycles. The maximum absolute atomic E-state index is 5.51. The third kappa shape index (κ3) is 0.350. The van der Waals surface area contributed by atoms with Gasteiger partial charge in [0.15, 0.2) is 0 Å². The minimum Gasteiger partial charge on any atom is -0.327 e. The molecule has 0 aromatic rings. The van der Waals surface area contributed by atoms with Crippen LogP contribution in [0.25, 0.3) is 0 Å². The van der Waals surface area contributed by atoms with Gasteiger partial charge < -0.3 is 5.73 Å². The SMILES string of the molecule is C[C@H]1C(N)[C@@H]1C. The fraction of sp³-hybridized carbons (Fsp3) is 1.00. The van der Waals surface area contributed by atoms with Gasteiger partial charge in [0.05, 0.1) is 0 Å². The fourth-order valence-corrected chi connectivity index (χ4v) is 0.701. The van der Waals surface area contributed by atoms with Crippen molar-refractivity contribution < 1.29 is 0 Å². The first-order chi connectivity index (χ1) is 2.73. The fourth-order valence-electron chi connectivity index (χ4n) is 0.701. The van der Waals surface area contributed by atoms with Gasteiger partial charge in [0.1, 0.15) is 0 Å². The molecule has 1 heteroatoms. The van der Waals surface area contributed by atoms with E-state index in [0.29, 0.717) is 6.04 Å². The van der Waals surface area contributed by atoms with Gasteiger partial charge in [-0.05, 0) is 11.8 Å². The van der Waals surface area contributed by atoms with Crippen LogP contribution in [0.1, 0.15) is 13.8 Å². The summed E-state index contributed by atoms with van der Waals surface area (Å²) < 4.78 is 0. The largest absolute Gasteiger partial charge is 0.327 e. The smallest absolute Gasteiger partial charge is 0.00966 e. The van der Waals surface area contributed by atoms with Crippen molar-refractivity contribution in [2.24, 2.45) is 17.6 Å². The number of hydrogen-bond donors (Lipinski definition) is 1. The normalized spacial score (nSPS) is 55.5. The van der Waals surface area contributed by atoms with Gasteiger partial charge in [-0.25, -0.2) is 0 Å². The van der Waals surface area contributed by atoms with Crippen LogP contribution in [-0.2, 0) is 0 Å². The van der Waals surface area contributed by atoms with Crippen LogP contribution >= 0.6 is 0 Å². The summed E-state index contributed by atoms with van der Waals surface area (Å²) in [5.74, 6) is 1.59. The Morgan fingerprint density at radius 1 is 1.17 bits per heavy atom. The minimum absolute atomic E-state index is 0.519. The molecule has 0 aliphatic heterocycles. The average molecular weight is 85.1 g/mol. The van der Waals surface area contributed by atoms with E-state index in [4.69, 9.17) is 5.73 Å². The summed E-state index contributed by atoms with van der Waals surface area (Å²) in [5.41, 5.74) is 5.51. The molecule has 0 saturated heterocycles. The summed E-state index contributed by atoms with van der Waals surface area (Å²) in [4.78, 5) is 0. The first-order valence-electron chi connectivity index (χ1n) is 2.49. The molecule has 0 amide bonds. The summed E-state index contributed by atoms with van der Waals surface area (Å²) >= 11 is 0. The Balaban J connectivity index is 2.31. The molecular formula is C5H11N. The minimum atomic E-state index is 0.519. The lowest BCUT2D eigenvalue weighted by Crippen LogP contribution is -2.01. The Hall–Kier alpha value is -0.0400. The number of rotatable bonds is 0. The molecule has 1 aliphatic rings. The van der Waals surface area contributed by atoms with Crippen LogP contribution < -0.4 is 5.73 Å². The van der Waals surface area contributed by atoms with Crippen LogP contribution in [0.5, 0.6) is 0 Å². The van der Waals surface area contributed by atoms with Crippen LogP contribution in [-0.4, -0.2) is 6.04 Å². The molecule has 2 N–H and O–H groups in total. The van der Waals surface area contributed by atoms with Crippen LogP contribution in [0, 0.1) is 11.8 Å². The van der Waals surface area contributed by atoms with E-state index < -0.39 is 0 Å². The topological polar surface area (TPSA) is 26.0 Å². The maximum atomic E-state index is 5.51. The first-order valence-corrected chi connectivity index (χ1v) is 2.49. The van der Waals surface area contributed by atoms with E-state index in [9.17, 15) is 0 Å². The standard InChI is InChI=1S/C5H11N/c1-3-4(2)5(3)6/h3-5H,6H2,1-2H3/t3-,4-/m1/s1.